The summed E-state index contributed by atoms with van der Waals surface area (Å²) in [5, 5.41) is 0. The Morgan fingerprint density at radius 2 is 2.17 bits per heavy atom. The van der Waals surface area contributed by atoms with E-state index in [0.29, 0.717) is 5.69 Å². The average Bonchev–Trinajstić information content (AvgIpc) is 2.03. The van der Waals surface area contributed by atoms with Gasteiger partial charge in [0.25, 0.3) is 9.05 Å². The smallest absolute Gasteiger partial charge is 0.260 e. The van der Waals surface area contributed by atoms with Crippen LogP contribution in [0.15, 0.2) is 23.2 Å². The number of pyridine rings is 1. The Bertz CT molecular complexity index is 377. The van der Waals surface area contributed by atoms with Crippen molar-refractivity contribution in [3.05, 3.63) is 24.0 Å². The van der Waals surface area contributed by atoms with E-state index in [2.05, 4.69) is 4.98 Å². The van der Waals surface area contributed by atoms with Gasteiger partial charge in [-0.15, -0.1) is 11.6 Å². The van der Waals surface area contributed by atoms with Gasteiger partial charge in [-0.3, -0.25) is 4.98 Å². The minimum atomic E-state index is -3.66. The minimum absolute atomic E-state index is 0.0230. The normalized spacial score (nSPS) is 11.5. The zero-order valence-electron chi connectivity index (χ0n) is 5.87. The van der Waals surface area contributed by atoms with E-state index in [1.165, 1.54) is 18.3 Å². The molecule has 0 bridgehead atoms. The molecule has 12 heavy (non-hydrogen) atoms. The maximum absolute atomic E-state index is 10.8. The predicted octanol–water partition coefficient (Wildman–Crippen LogP) is 1.75. The lowest BCUT2D eigenvalue weighted by atomic mass is 10.4. The van der Waals surface area contributed by atoms with E-state index in [4.69, 9.17) is 22.3 Å². The Morgan fingerprint density at radius 3 is 2.67 bits per heavy atom. The van der Waals surface area contributed by atoms with Crippen molar-refractivity contribution >= 4 is 31.3 Å². The van der Waals surface area contributed by atoms with Crippen molar-refractivity contribution in [3.8, 4) is 0 Å². The lowest BCUT2D eigenvalue weighted by Gasteiger charge is -1.96. The average molecular weight is 226 g/mol. The van der Waals surface area contributed by atoms with Crippen LogP contribution in [-0.2, 0) is 14.9 Å². The molecule has 0 amide bonds. The number of hydrogen-bond donors (Lipinski definition) is 0. The number of nitrogens with zero attached hydrogens (tertiary/aromatic N) is 1. The SMILES string of the molecule is O=S(=O)(Cl)c1ccnc(CCl)c1. The van der Waals surface area contributed by atoms with Crippen molar-refractivity contribution in [3.63, 3.8) is 0 Å². The molecule has 0 aliphatic heterocycles. The van der Waals surface area contributed by atoms with Gasteiger partial charge in [0, 0.05) is 16.9 Å². The van der Waals surface area contributed by atoms with Gasteiger partial charge in [0.2, 0.25) is 0 Å². The fourth-order valence-electron chi connectivity index (χ4n) is 0.681. The number of halogens is 2. The van der Waals surface area contributed by atoms with Crippen LogP contribution in [0.5, 0.6) is 0 Å². The molecule has 3 nitrogen and oxygen atoms in total. The molecule has 0 fully saturated rings. The second-order valence-electron chi connectivity index (χ2n) is 2.05. The van der Waals surface area contributed by atoms with Gasteiger partial charge in [0.15, 0.2) is 0 Å². The summed E-state index contributed by atoms with van der Waals surface area (Å²) in [6.45, 7) is 0. The highest BCUT2D eigenvalue weighted by Crippen LogP contribution is 2.15. The maximum Gasteiger partial charge on any atom is 0.261 e. The summed E-state index contributed by atoms with van der Waals surface area (Å²) in [7, 11) is 1.43. The quantitative estimate of drug-likeness (QED) is 0.570. The fraction of sp³-hybridized carbons (Fsp3) is 0.167. The molecule has 0 saturated carbocycles. The number of aromatic nitrogens is 1. The van der Waals surface area contributed by atoms with Crippen molar-refractivity contribution in [2.75, 3.05) is 0 Å². The molecule has 0 saturated heterocycles. The molecule has 1 aromatic heterocycles. The monoisotopic (exact) mass is 225 g/mol. The van der Waals surface area contributed by atoms with E-state index >= 15 is 0 Å². The van der Waals surface area contributed by atoms with Crippen molar-refractivity contribution in [1.29, 1.82) is 0 Å². The van der Waals surface area contributed by atoms with Gasteiger partial charge in [0.1, 0.15) is 0 Å². The summed E-state index contributed by atoms with van der Waals surface area (Å²) in [6.07, 6.45) is 1.35. The zero-order chi connectivity index (χ0) is 9.19. The van der Waals surface area contributed by atoms with Crippen LogP contribution in [0.1, 0.15) is 5.69 Å². The molecule has 0 spiro atoms. The van der Waals surface area contributed by atoms with Crippen LogP contribution in [0.25, 0.3) is 0 Å². The first-order valence-corrected chi connectivity index (χ1v) is 5.84. The van der Waals surface area contributed by atoms with Gasteiger partial charge in [-0.05, 0) is 12.1 Å². The fourth-order valence-corrected chi connectivity index (χ4v) is 1.62. The first-order chi connectivity index (χ1) is 5.54. The Balaban J connectivity index is 3.20. The summed E-state index contributed by atoms with van der Waals surface area (Å²) < 4.78 is 21.6. The van der Waals surface area contributed by atoms with Crippen LogP contribution in [0.2, 0.25) is 0 Å². The third kappa shape index (κ3) is 2.33. The predicted molar refractivity (Wildman–Crippen MR) is 46.8 cm³/mol. The van der Waals surface area contributed by atoms with Gasteiger partial charge in [-0.1, -0.05) is 0 Å². The van der Waals surface area contributed by atoms with E-state index in [0.717, 1.165) is 0 Å². The zero-order valence-corrected chi connectivity index (χ0v) is 8.20. The van der Waals surface area contributed by atoms with Crippen LogP contribution >= 0.6 is 22.3 Å². The van der Waals surface area contributed by atoms with Crippen LogP contribution in [0.4, 0.5) is 0 Å². The van der Waals surface area contributed by atoms with Gasteiger partial charge in [0.05, 0.1) is 16.5 Å². The van der Waals surface area contributed by atoms with Crippen molar-refractivity contribution in [2.24, 2.45) is 0 Å². The Morgan fingerprint density at radius 1 is 1.50 bits per heavy atom. The number of hydrogen-bond acceptors (Lipinski definition) is 3. The Hall–Kier alpha value is -0.320. The summed E-state index contributed by atoms with van der Waals surface area (Å²) in [6, 6.07) is 2.66. The van der Waals surface area contributed by atoms with E-state index < -0.39 is 9.05 Å². The molecule has 1 aromatic rings. The Labute approximate surface area is 79.8 Å². The van der Waals surface area contributed by atoms with Crippen LogP contribution in [-0.4, -0.2) is 13.4 Å². The first kappa shape index (κ1) is 9.77. The molecule has 66 valence electrons. The molecule has 0 aliphatic rings. The minimum Gasteiger partial charge on any atom is -0.260 e. The maximum atomic E-state index is 10.8. The number of rotatable bonds is 2. The summed E-state index contributed by atoms with van der Waals surface area (Å²) in [5.74, 6) is 0.167. The molecule has 1 rings (SSSR count). The van der Waals surface area contributed by atoms with E-state index in [9.17, 15) is 8.42 Å². The van der Waals surface area contributed by atoms with Crippen molar-refractivity contribution in [2.45, 2.75) is 10.8 Å². The molecule has 0 atom stereocenters. The Kier molecular flexibility index (Phi) is 2.93. The molecule has 0 aromatic carbocycles. The molecule has 0 radical (unpaired) electrons. The lowest BCUT2D eigenvalue weighted by Crippen LogP contribution is -1.93. The second-order valence-corrected chi connectivity index (χ2v) is 4.89. The molecular formula is C6H5Cl2NO2S. The van der Waals surface area contributed by atoms with Gasteiger partial charge in [-0.25, -0.2) is 8.42 Å². The van der Waals surface area contributed by atoms with Crippen LogP contribution in [0, 0.1) is 0 Å². The topological polar surface area (TPSA) is 47.0 Å². The molecule has 0 N–H and O–H groups in total. The molecule has 6 heteroatoms. The highest BCUT2D eigenvalue weighted by Gasteiger charge is 2.09. The molecule has 0 unspecified atom stereocenters. The molecular weight excluding hydrogens is 221 g/mol. The van der Waals surface area contributed by atoms with Crippen molar-refractivity contribution < 1.29 is 8.42 Å². The van der Waals surface area contributed by atoms with Gasteiger partial charge < -0.3 is 0 Å². The third-order valence-corrected chi connectivity index (χ3v) is 2.83. The number of alkyl halides is 1. The second kappa shape index (κ2) is 3.60. The largest absolute Gasteiger partial charge is 0.261 e. The summed E-state index contributed by atoms with van der Waals surface area (Å²) in [5.41, 5.74) is 0.485. The molecule has 1 heterocycles. The van der Waals surface area contributed by atoms with E-state index in [-0.39, 0.29) is 10.8 Å². The van der Waals surface area contributed by atoms with Crippen molar-refractivity contribution in [1.82, 2.24) is 4.98 Å². The first-order valence-electron chi connectivity index (χ1n) is 2.99. The highest BCUT2D eigenvalue weighted by atomic mass is 35.7. The highest BCUT2D eigenvalue weighted by molar-refractivity contribution is 8.13. The summed E-state index contributed by atoms with van der Waals surface area (Å²) >= 11 is 5.45. The van der Waals surface area contributed by atoms with Crippen LogP contribution in [0.3, 0.4) is 0 Å². The lowest BCUT2D eigenvalue weighted by molar-refractivity contribution is 0.609. The van der Waals surface area contributed by atoms with E-state index in [1.807, 2.05) is 0 Å². The third-order valence-electron chi connectivity index (χ3n) is 1.21. The van der Waals surface area contributed by atoms with E-state index in [1.54, 1.807) is 0 Å². The van der Waals surface area contributed by atoms with Crippen LogP contribution < -0.4 is 0 Å². The summed E-state index contributed by atoms with van der Waals surface area (Å²) in [4.78, 5) is 3.84. The van der Waals surface area contributed by atoms with Gasteiger partial charge in [-0.2, -0.15) is 0 Å². The molecule has 0 aliphatic carbocycles. The van der Waals surface area contributed by atoms with Gasteiger partial charge >= 0.3 is 0 Å². The standard InChI is InChI=1S/C6H5Cl2NO2S/c7-4-5-3-6(1-2-9-5)12(8,10)11/h1-3H,4H2.